The number of rotatable bonds is 10. The van der Waals surface area contributed by atoms with E-state index in [-0.39, 0.29) is 5.92 Å². The summed E-state index contributed by atoms with van der Waals surface area (Å²) >= 11 is 0. The molecule has 7 aromatic rings. The zero-order valence-electron chi connectivity index (χ0n) is 25.7. The standard InChI is InChI=1S/C35H37N9/c1-5-7-14-24(6-2)19-27-20-30-42(39-27)32-22-29(41-44(32)31-21-28(23(3)4)40-43(30)31)35-37-33(25-15-10-8-11-16-25)36-34(38-35)26-17-12-9-13-18-26/h8-13,15-18,20-24H,5-7,14,19H2,1-4H3. The Hall–Kier alpha value is -4.92. The highest BCUT2D eigenvalue weighted by Crippen LogP contribution is 2.28. The molecular weight excluding hydrogens is 546 g/mol. The third-order valence-electron chi connectivity index (χ3n) is 8.35. The van der Waals surface area contributed by atoms with E-state index in [9.17, 15) is 0 Å². The zero-order valence-corrected chi connectivity index (χ0v) is 25.7. The third kappa shape index (κ3) is 5.12. The van der Waals surface area contributed by atoms with Gasteiger partial charge in [-0.2, -0.15) is 28.8 Å². The molecule has 2 aromatic carbocycles. The smallest absolute Gasteiger partial charge is 0.184 e. The molecule has 222 valence electrons. The number of nitrogens with zero attached hydrogens (tertiary/aromatic N) is 9. The normalized spacial score (nSPS) is 12.7. The van der Waals surface area contributed by atoms with E-state index in [0.717, 1.165) is 52.3 Å². The van der Waals surface area contributed by atoms with E-state index in [0.29, 0.717) is 29.1 Å². The highest BCUT2D eigenvalue weighted by Gasteiger charge is 2.21. The fourth-order valence-corrected chi connectivity index (χ4v) is 5.79. The van der Waals surface area contributed by atoms with Crippen LogP contribution in [0.3, 0.4) is 0 Å². The molecule has 0 aliphatic rings. The summed E-state index contributed by atoms with van der Waals surface area (Å²) in [5.41, 5.74) is 7.22. The summed E-state index contributed by atoms with van der Waals surface area (Å²) in [5.74, 6) is 2.59. The maximum atomic E-state index is 5.12. The van der Waals surface area contributed by atoms with E-state index in [2.05, 4.69) is 39.8 Å². The minimum Gasteiger partial charge on any atom is -0.208 e. The van der Waals surface area contributed by atoms with Crippen molar-refractivity contribution in [3.8, 4) is 34.3 Å². The van der Waals surface area contributed by atoms with E-state index in [1.807, 2.05) is 80.3 Å². The molecule has 9 nitrogen and oxygen atoms in total. The largest absolute Gasteiger partial charge is 0.208 e. The van der Waals surface area contributed by atoms with Gasteiger partial charge in [0, 0.05) is 29.3 Å². The number of aromatic nitrogens is 9. The molecule has 5 heterocycles. The molecule has 0 fully saturated rings. The fraction of sp³-hybridized carbons (Fsp3) is 0.314. The lowest BCUT2D eigenvalue weighted by Crippen LogP contribution is -2.06. The highest BCUT2D eigenvalue weighted by atomic mass is 15.4. The maximum Gasteiger partial charge on any atom is 0.184 e. The summed E-state index contributed by atoms with van der Waals surface area (Å²) in [4.78, 5) is 14.7. The van der Waals surface area contributed by atoms with Crippen molar-refractivity contribution in [1.29, 1.82) is 0 Å². The molecule has 44 heavy (non-hydrogen) atoms. The van der Waals surface area contributed by atoms with Crippen LogP contribution in [0.4, 0.5) is 0 Å². The summed E-state index contributed by atoms with van der Waals surface area (Å²) in [6.45, 7) is 8.85. The van der Waals surface area contributed by atoms with Crippen LogP contribution in [0.5, 0.6) is 0 Å². The predicted molar refractivity (Wildman–Crippen MR) is 173 cm³/mol. The van der Waals surface area contributed by atoms with Crippen molar-refractivity contribution < 1.29 is 0 Å². The van der Waals surface area contributed by atoms with E-state index in [4.69, 9.17) is 30.2 Å². The average molecular weight is 584 g/mol. The number of unbranched alkanes of at least 4 members (excludes halogenated alkanes) is 1. The molecule has 1 unspecified atom stereocenters. The Labute approximate surface area is 256 Å². The van der Waals surface area contributed by atoms with Gasteiger partial charge in [0.2, 0.25) is 0 Å². The summed E-state index contributed by atoms with van der Waals surface area (Å²) < 4.78 is 5.86. The summed E-state index contributed by atoms with van der Waals surface area (Å²) in [6, 6.07) is 26.3. The molecule has 9 heteroatoms. The van der Waals surface area contributed by atoms with Crippen LogP contribution in [0.2, 0.25) is 0 Å². The summed E-state index contributed by atoms with van der Waals surface area (Å²) in [6.07, 6.45) is 5.75. The summed E-state index contributed by atoms with van der Waals surface area (Å²) in [7, 11) is 0. The van der Waals surface area contributed by atoms with Gasteiger partial charge in [0.15, 0.2) is 34.4 Å². The molecule has 0 spiro atoms. The Kier molecular flexibility index (Phi) is 7.37. The van der Waals surface area contributed by atoms with E-state index < -0.39 is 0 Å². The molecule has 0 saturated carbocycles. The van der Waals surface area contributed by atoms with Gasteiger partial charge < -0.3 is 0 Å². The van der Waals surface area contributed by atoms with Crippen molar-refractivity contribution >= 4 is 16.9 Å². The van der Waals surface area contributed by atoms with Gasteiger partial charge in [-0.05, 0) is 18.3 Å². The molecule has 5 aromatic heterocycles. The van der Waals surface area contributed by atoms with Crippen molar-refractivity contribution in [3.63, 3.8) is 0 Å². The number of hydrogen-bond donors (Lipinski definition) is 0. The number of fused-ring (bicyclic) bond motifs is 6. The molecule has 7 rings (SSSR count). The van der Waals surface area contributed by atoms with Crippen LogP contribution >= 0.6 is 0 Å². The SMILES string of the molecule is CCCCC(CC)Cc1cc2n(n1)c1cc(-c3nc(-c4ccccc4)nc(-c4ccccc4)n3)nn1c1cc(C(C)C)nn21. The van der Waals surface area contributed by atoms with Crippen molar-refractivity contribution in [2.75, 3.05) is 0 Å². The van der Waals surface area contributed by atoms with Crippen LogP contribution in [0.1, 0.15) is 70.7 Å². The average Bonchev–Trinajstić information content (AvgIpc) is 3.80. The van der Waals surface area contributed by atoms with Gasteiger partial charge in [0.25, 0.3) is 0 Å². The van der Waals surface area contributed by atoms with Gasteiger partial charge in [-0.1, -0.05) is 114 Å². The number of hydrogen-bond acceptors (Lipinski definition) is 6. The van der Waals surface area contributed by atoms with Crippen LogP contribution in [0.15, 0.2) is 78.9 Å². The Balaban J connectivity index is 1.43. The molecule has 0 bridgehead atoms. The van der Waals surface area contributed by atoms with E-state index in [1.165, 1.54) is 19.3 Å². The topological polar surface area (TPSA) is 90.6 Å². The number of benzene rings is 2. The molecule has 0 aliphatic carbocycles. The highest BCUT2D eigenvalue weighted by molar-refractivity contribution is 5.69. The maximum absolute atomic E-state index is 5.12. The molecule has 0 N–H and O–H groups in total. The van der Waals surface area contributed by atoms with Gasteiger partial charge in [0.1, 0.15) is 5.69 Å². The Morgan fingerprint density at radius 2 is 1.20 bits per heavy atom. The first-order valence-corrected chi connectivity index (χ1v) is 15.7. The van der Waals surface area contributed by atoms with Crippen molar-refractivity contribution in [2.24, 2.45) is 5.92 Å². The lowest BCUT2D eigenvalue weighted by atomic mass is 9.94. The van der Waals surface area contributed by atoms with Gasteiger partial charge in [0.05, 0.1) is 11.4 Å². The first-order valence-electron chi connectivity index (χ1n) is 15.7. The van der Waals surface area contributed by atoms with Crippen LogP contribution in [-0.2, 0) is 6.42 Å². The second-order valence-corrected chi connectivity index (χ2v) is 11.9. The zero-order chi connectivity index (χ0) is 30.2. The van der Waals surface area contributed by atoms with E-state index in [1.54, 1.807) is 0 Å². The molecule has 0 saturated heterocycles. The lowest BCUT2D eigenvalue weighted by Gasteiger charge is -2.11. The third-order valence-corrected chi connectivity index (χ3v) is 8.35. The minimum atomic E-state index is 0.270. The molecule has 0 radical (unpaired) electrons. The summed E-state index contributed by atoms with van der Waals surface area (Å²) in [5, 5.41) is 15.2. The monoisotopic (exact) mass is 583 g/mol. The minimum absolute atomic E-state index is 0.270. The van der Waals surface area contributed by atoms with Gasteiger partial charge in [-0.15, -0.1) is 0 Å². The predicted octanol–water partition coefficient (Wildman–Crippen LogP) is 7.70. The lowest BCUT2D eigenvalue weighted by molar-refractivity contribution is 0.444. The Bertz CT molecular complexity index is 1990. The van der Waals surface area contributed by atoms with E-state index >= 15 is 0 Å². The van der Waals surface area contributed by atoms with Crippen LogP contribution in [0.25, 0.3) is 51.2 Å². The Morgan fingerprint density at radius 3 is 1.82 bits per heavy atom. The van der Waals surface area contributed by atoms with Crippen molar-refractivity contribution in [1.82, 2.24) is 43.8 Å². The van der Waals surface area contributed by atoms with Crippen LogP contribution in [-0.4, -0.2) is 43.8 Å². The molecule has 1 atom stereocenters. The van der Waals surface area contributed by atoms with Crippen LogP contribution in [0, 0.1) is 5.92 Å². The fourth-order valence-electron chi connectivity index (χ4n) is 5.79. The van der Waals surface area contributed by atoms with Crippen molar-refractivity contribution in [2.45, 2.75) is 65.7 Å². The first-order chi connectivity index (χ1) is 21.5. The molecular formula is C35H37N9. The quantitative estimate of drug-likeness (QED) is 0.164. The second-order valence-electron chi connectivity index (χ2n) is 11.9. The van der Waals surface area contributed by atoms with Crippen LogP contribution < -0.4 is 0 Å². The molecule has 0 amide bonds. The van der Waals surface area contributed by atoms with Gasteiger partial charge >= 0.3 is 0 Å². The first kappa shape index (κ1) is 27.9. The van der Waals surface area contributed by atoms with Gasteiger partial charge in [-0.25, -0.2) is 15.0 Å². The van der Waals surface area contributed by atoms with Crippen molar-refractivity contribution in [3.05, 3.63) is 90.3 Å². The molecule has 0 aliphatic heterocycles. The van der Waals surface area contributed by atoms with Gasteiger partial charge in [-0.3, -0.25) is 0 Å². The second kappa shape index (κ2) is 11.6. The Morgan fingerprint density at radius 1 is 0.636 bits per heavy atom.